The van der Waals surface area contributed by atoms with Crippen LogP contribution in [0, 0.1) is 0 Å². The lowest BCUT2D eigenvalue weighted by Crippen LogP contribution is -2.50. The zero-order valence-electron chi connectivity index (χ0n) is 17.2. The molecule has 2 aromatic carbocycles. The van der Waals surface area contributed by atoms with E-state index in [2.05, 4.69) is 21.2 Å². The van der Waals surface area contributed by atoms with Crippen LogP contribution in [0.15, 0.2) is 40.9 Å². The number of para-hydroxylation sites is 2. The molecule has 1 aliphatic rings. The van der Waals surface area contributed by atoms with E-state index in [9.17, 15) is 9.59 Å². The summed E-state index contributed by atoms with van der Waals surface area (Å²) in [4.78, 5) is 27.0. The summed E-state index contributed by atoms with van der Waals surface area (Å²) in [6, 6.07) is 10.8. The van der Waals surface area contributed by atoms with E-state index in [0.717, 1.165) is 10.0 Å². The molecule has 0 spiro atoms. The molecule has 2 aromatic rings. The van der Waals surface area contributed by atoms with Crippen LogP contribution in [0.3, 0.4) is 0 Å². The van der Waals surface area contributed by atoms with Crippen molar-refractivity contribution >= 4 is 33.4 Å². The molecule has 1 N–H and O–H groups in total. The van der Waals surface area contributed by atoms with Gasteiger partial charge in [-0.05, 0) is 43.7 Å². The van der Waals surface area contributed by atoms with Gasteiger partial charge in [-0.2, -0.15) is 0 Å². The zero-order chi connectivity index (χ0) is 21.7. The Morgan fingerprint density at radius 1 is 1.17 bits per heavy atom. The number of hydrogen-bond donors (Lipinski definition) is 1. The van der Waals surface area contributed by atoms with E-state index in [4.69, 9.17) is 14.2 Å². The van der Waals surface area contributed by atoms with Gasteiger partial charge in [0.05, 0.1) is 31.9 Å². The molecule has 8 heteroatoms. The summed E-state index contributed by atoms with van der Waals surface area (Å²) in [7, 11) is 1.55. The molecule has 30 heavy (non-hydrogen) atoms. The van der Waals surface area contributed by atoms with E-state index in [0.29, 0.717) is 36.1 Å². The van der Waals surface area contributed by atoms with Crippen molar-refractivity contribution in [1.29, 1.82) is 0 Å². The van der Waals surface area contributed by atoms with Gasteiger partial charge in [-0.3, -0.25) is 9.59 Å². The Labute approximate surface area is 184 Å². The van der Waals surface area contributed by atoms with Gasteiger partial charge in [-0.15, -0.1) is 0 Å². The molecular weight excluding hydrogens is 452 g/mol. The summed E-state index contributed by atoms with van der Waals surface area (Å²) in [5, 5.41) is 2.58. The van der Waals surface area contributed by atoms with Gasteiger partial charge < -0.3 is 24.4 Å². The molecule has 1 aliphatic heterocycles. The lowest BCUT2D eigenvalue weighted by molar-refractivity contribution is -0.127. The average Bonchev–Trinajstić information content (AvgIpc) is 2.75. The number of carbonyl (C=O) groups excluding carboxylic acids is 2. The van der Waals surface area contributed by atoms with Crippen molar-refractivity contribution in [3.8, 4) is 17.2 Å². The molecule has 1 atom stereocenters. The van der Waals surface area contributed by atoms with Crippen LogP contribution in [0.1, 0.15) is 19.4 Å². The molecule has 0 saturated carbocycles. The van der Waals surface area contributed by atoms with E-state index in [1.165, 1.54) is 0 Å². The molecular formula is C22H25BrN2O5. The second-order valence-corrected chi connectivity index (χ2v) is 7.48. The van der Waals surface area contributed by atoms with Gasteiger partial charge in [0.25, 0.3) is 5.91 Å². The first-order chi connectivity index (χ1) is 14.5. The Balaban J connectivity index is 1.89. The number of ether oxygens (including phenoxy) is 3. The van der Waals surface area contributed by atoms with Crippen LogP contribution in [0.5, 0.6) is 17.2 Å². The number of nitrogens with one attached hydrogen (secondary N) is 1. The maximum Gasteiger partial charge on any atom is 0.262 e. The highest BCUT2D eigenvalue weighted by atomic mass is 79.9. The van der Waals surface area contributed by atoms with Crippen molar-refractivity contribution in [2.24, 2.45) is 0 Å². The first-order valence-corrected chi connectivity index (χ1v) is 10.6. The van der Waals surface area contributed by atoms with Crippen molar-refractivity contribution in [1.82, 2.24) is 5.32 Å². The highest BCUT2D eigenvalue weighted by Crippen LogP contribution is 2.36. The van der Waals surface area contributed by atoms with Crippen LogP contribution < -0.4 is 24.4 Å². The summed E-state index contributed by atoms with van der Waals surface area (Å²) in [5.41, 5.74) is 1.42. The standard InChI is InChI=1S/C22H25BrN2O5/c1-4-28-18-10-14(15(23)12-19(18)29-5-2)11-21(26)25-13-20(22(27)24-3)30-17-9-7-6-8-16(17)25/h6-10,12,20H,4-5,11,13H2,1-3H3,(H,24,27). The number of rotatable bonds is 7. The van der Waals surface area contributed by atoms with E-state index < -0.39 is 6.10 Å². The molecule has 0 aromatic heterocycles. The molecule has 0 fully saturated rings. The number of anilines is 1. The van der Waals surface area contributed by atoms with Crippen LogP contribution in [0.25, 0.3) is 0 Å². The van der Waals surface area contributed by atoms with Crippen LogP contribution in [-0.4, -0.2) is 44.7 Å². The number of hydrogen-bond acceptors (Lipinski definition) is 5. The second-order valence-electron chi connectivity index (χ2n) is 6.63. The summed E-state index contributed by atoms with van der Waals surface area (Å²) in [6.07, 6.45) is -0.640. The van der Waals surface area contributed by atoms with E-state index >= 15 is 0 Å². The first kappa shape index (κ1) is 22.0. The summed E-state index contributed by atoms with van der Waals surface area (Å²) >= 11 is 3.54. The van der Waals surface area contributed by atoms with E-state index in [1.54, 1.807) is 18.0 Å². The third-order valence-electron chi connectivity index (χ3n) is 4.67. The largest absolute Gasteiger partial charge is 0.490 e. The first-order valence-electron chi connectivity index (χ1n) is 9.84. The van der Waals surface area contributed by atoms with Crippen molar-refractivity contribution in [3.05, 3.63) is 46.4 Å². The Hall–Kier alpha value is -2.74. The van der Waals surface area contributed by atoms with Crippen molar-refractivity contribution in [3.63, 3.8) is 0 Å². The van der Waals surface area contributed by atoms with Gasteiger partial charge in [0.2, 0.25) is 5.91 Å². The number of benzene rings is 2. The normalized spacial score (nSPS) is 15.1. The molecule has 1 unspecified atom stereocenters. The predicted octanol–water partition coefficient (Wildman–Crippen LogP) is 3.33. The molecule has 7 nitrogen and oxygen atoms in total. The van der Waals surface area contributed by atoms with Crippen LogP contribution in [-0.2, 0) is 16.0 Å². The Morgan fingerprint density at radius 3 is 2.50 bits per heavy atom. The molecule has 160 valence electrons. The van der Waals surface area contributed by atoms with Gasteiger partial charge in [0.1, 0.15) is 5.75 Å². The number of likely N-dealkylation sites (N-methyl/N-ethyl adjacent to an activating group) is 1. The average molecular weight is 477 g/mol. The Morgan fingerprint density at radius 2 is 1.83 bits per heavy atom. The summed E-state index contributed by atoms with van der Waals surface area (Å²) in [6.45, 7) is 4.93. The SMILES string of the molecule is CCOc1cc(Br)c(CC(=O)N2CC(C(=O)NC)Oc3ccccc32)cc1OCC. The molecule has 3 rings (SSSR count). The third kappa shape index (κ3) is 4.70. The Bertz CT molecular complexity index is 934. The fraction of sp³-hybridized carbons (Fsp3) is 0.364. The minimum Gasteiger partial charge on any atom is -0.490 e. The van der Waals surface area contributed by atoms with Gasteiger partial charge in [-0.1, -0.05) is 28.1 Å². The van der Waals surface area contributed by atoms with Crippen molar-refractivity contribution < 1.29 is 23.8 Å². The smallest absolute Gasteiger partial charge is 0.262 e. The second kappa shape index (κ2) is 9.84. The Kier molecular flexibility index (Phi) is 7.20. The number of halogens is 1. The number of nitrogens with zero attached hydrogens (tertiary/aromatic N) is 1. The van der Waals surface area contributed by atoms with E-state index in [-0.39, 0.29) is 24.8 Å². The molecule has 0 bridgehead atoms. The topological polar surface area (TPSA) is 77.1 Å². The highest BCUT2D eigenvalue weighted by Gasteiger charge is 2.33. The van der Waals surface area contributed by atoms with Crippen LogP contribution in [0.2, 0.25) is 0 Å². The van der Waals surface area contributed by atoms with Crippen molar-refractivity contribution in [2.75, 3.05) is 31.7 Å². The number of carbonyl (C=O) groups is 2. The number of fused-ring (bicyclic) bond motifs is 1. The summed E-state index contributed by atoms with van der Waals surface area (Å²) < 4.78 is 17.9. The van der Waals surface area contributed by atoms with Crippen LogP contribution >= 0.6 is 15.9 Å². The highest BCUT2D eigenvalue weighted by molar-refractivity contribution is 9.10. The van der Waals surface area contributed by atoms with Crippen molar-refractivity contribution in [2.45, 2.75) is 26.4 Å². The van der Waals surface area contributed by atoms with Gasteiger partial charge in [0.15, 0.2) is 17.6 Å². The molecule has 1 heterocycles. The summed E-state index contributed by atoms with van der Waals surface area (Å²) in [5.74, 6) is 1.30. The quantitative estimate of drug-likeness (QED) is 0.662. The monoisotopic (exact) mass is 476 g/mol. The van der Waals surface area contributed by atoms with Gasteiger partial charge in [-0.25, -0.2) is 0 Å². The molecule has 0 saturated heterocycles. The molecule has 0 aliphatic carbocycles. The van der Waals surface area contributed by atoms with Gasteiger partial charge >= 0.3 is 0 Å². The zero-order valence-corrected chi connectivity index (χ0v) is 18.8. The maximum absolute atomic E-state index is 13.3. The molecule has 0 radical (unpaired) electrons. The maximum atomic E-state index is 13.3. The van der Waals surface area contributed by atoms with Gasteiger partial charge in [0, 0.05) is 11.5 Å². The fourth-order valence-corrected chi connectivity index (χ4v) is 3.74. The lowest BCUT2D eigenvalue weighted by atomic mass is 10.1. The minimum atomic E-state index is -0.767. The molecule has 2 amide bonds. The third-order valence-corrected chi connectivity index (χ3v) is 5.41. The number of amides is 2. The van der Waals surface area contributed by atoms with Crippen LogP contribution in [0.4, 0.5) is 5.69 Å². The minimum absolute atomic E-state index is 0.127. The predicted molar refractivity (Wildman–Crippen MR) is 117 cm³/mol. The fourth-order valence-electron chi connectivity index (χ4n) is 3.28. The van der Waals surface area contributed by atoms with E-state index in [1.807, 2.05) is 44.2 Å². The lowest BCUT2D eigenvalue weighted by Gasteiger charge is -2.34.